The number of carbonyl (C=O) groups excluding carboxylic acids is 2. The van der Waals surface area contributed by atoms with Gasteiger partial charge in [-0.3, -0.25) is 14.5 Å². The van der Waals surface area contributed by atoms with E-state index in [4.69, 9.17) is 21.1 Å². The molecule has 0 radical (unpaired) electrons. The highest BCUT2D eigenvalue weighted by molar-refractivity contribution is 8.18. The van der Waals surface area contributed by atoms with Gasteiger partial charge in [-0.2, -0.15) is 0 Å². The molecule has 0 bridgehead atoms. The Morgan fingerprint density at radius 1 is 1.06 bits per heavy atom. The predicted octanol–water partition coefficient (Wildman–Crippen LogP) is 5.86. The van der Waals surface area contributed by atoms with Crippen molar-refractivity contribution in [3.05, 3.63) is 98.9 Å². The Kier molecular flexibility index (Phi) is 7.43. The highest BCUT2D eigenvalue weighted by Gasteiger charge is 2.35. The number of nitrogens with zero attached hydrogens (tertiary/aromatic N) is 1. The van der Waals surface area contributed by atoms with Crippen LogP contribution >= 0.6 is 23.4 Å². The average molecular weight is 510 g/mol. The molecule has 35 heavy (non-hydrogen) atoms. The van der Waals surface area contributed by atoms with Crippen molar-refractivity contribution in [1.29, 1.82) is 0 Å². The Bertz CT molecular complexity index is 1320. The summed E-state index contributed by atoms with van der Waals surface area (Å²) in [7, 11) is 1.50. The number of rotatable bonds is 8. The quantitative estimate of drug-likeness (QED) is 0.380. The summed E-state index contributed by atoms with van der Waals surface area (Å²) in [6.45, 7) is 0.223. The van der Waals surface area contributed by atoms with Gasteiger partial charge in [-0.05, 0) is 59.3 Å². The Morgan fingerprint density at radius 2 is 1.80 bits per heavy atom. The summed E-state index contributed by atoms with van der Waals surface area (Å²) in [5.74, 6) is -0.620. The zero-order chi connectivity index (χ0) is 24.9. The molecule has 3 aromatic carbocycles. The lowest BCUT2D eigenvalue weighted by atomic mass is 10.1. The minimum Gasteiger partial charge on any atom is -0.493 e. The number of amides is 2. The molecule has 1 N–H and O–H groups in total. The lowest BCUT2D eigenvalue weighted by Crippen LogP contribution is -2.27. The summed E-state index contributed by atoms with van der Waals surface area (Å²) in [6, 6.07) is 18.6. The van der Waals surface area contributed by atoms with Crippen molar-refractivity contribution in [3.8, 4) is 11.5 Å². The Balaban J connectivity index is 1.58. The number of imide groups is 1. The highest BCUT2D eigenvalue weighted by atomic mass is 35.5. The summed E-state index contributed by atoms with van der Waals surface area (Å²) < 4.78 is 11.4. The summed E-state index contributed by atoms with van der Waals surface area (Å²) in [5.41, 5.74) is 2.15. The van der Waals surface area contributed by atoms with E-state index in [0.717, 1.165) is 17.3 Å². The van der Waals surface area contributed by atoms with Gasteiger partial charge in [0.15, 0.2) is 11.5 Å². The molecule has 0 aliphatic carbocycles. The largest absolute Gasteiger partial charge is 0.493 e. The van der Waals surface area contributed by atoms with Crippen LogP contribution < -0.4 is 9.47 Å². The number of carboxylic acids is 1. The predicted molar refractivity (Wildman–Crippen MR) is 134 cm³/mol. The number of methoxy groups -OCH3 is 1. The molecule has 2 amide bonds. The SMILES string of the molecule is COc1cccc(/C=C2/SC(=O)N(Cc3ccc(Cl)cc3)C2=O)c1OCc1cccc(C(=O)O)c1. The molecular weight excluding hydrogens is 490 g/mol. The number of halogens is 1. The van der Waals surface area contributed by atoms with Crippen LogP contribution in [0.2, 0.25) is 5.02 Å². The first kappa shape index (κ1) is 24.4. The van der Waals surface area contributed by atoms with E-state index in [1.807, 2.05) is 0 Å². The molecule has 0 unspecified atom stereocenters. The van der Waals surface area contributed by atoms with E-state index in [-0.39, 0.29) is 28.9 Å². The highest BCUT2D eigenvalue weighted by Crippen LogP contribution is 2.38. The number of hydrogen-bond donors (Lipinski definition) is 1. The molecule has 4 rings (SSSR count). The molecule has 7 nitrogen and oxygen atoms in total. The Hall–Kier alpha value is -3.75. The summed E-state index contributed by atoms with van der Waals surface area (Å²) >= 11 is 6.77. The zero-order valence-electron chi connectivity index (χ0n) is 18.6. The summed E-state index contributed by atoms with van der Waals surface area (Å²) in [4.78, 5) is 38.2. The van der Waals surface area contributed by atoms with Gasteiger partial charge in [0.1, 0.15) is 6.61 Å². The maximum absolute atomic E-state index is 13.0. The van der Waals surface area contributed by atoms with Gasteiger partial charge in [0.05, 0.1) is 24.1 Å². The third kappa shape index (κ3) is 5.67. The van der Waals surface area contributed by atoms with Crippen molar-refractivity contribution in [1.82, 2.24) is 4.90 Å². The molecule has 1 heterocycles. The van der Waals surface area contributed by atoms with Crippen LogP contribution in [0.15, 0.2) is 71.6 Å². The van der Waals surface area contributed by atoms with Crippen LogP contribution in [0.4, 0.5) is 4.79 Å². The van der Waals surface area contributed by atoms with E-state index in [0.29, 0.717) is 27.6 Å². The van der Waals surface area contributed by atoms with Crippen LogP contribution in [-0.2, 0) is 17.9 Å². The minimum atomic E-state index is -1.03. The maximum Gasteiger partial charge on any atom is 0.335 e. The van der Waals surface area contributed by atoms with E-state index in [1.54, 1.807) is 60.7 Å². The van der Waals surface area contributed by atoms with Crippen LogP contribution in [0.1, 0.15) is 27.0 Å². The van der Waals surface area contributed by atoms with Gasteiger partial charge in [0.25, 0.3) is 11.1 Å². The third-order valence-electron chi connectivity index (χ3n) is 5.20. The van der Waals surface area contributed by atoms with Crippen LogP contribution in [-0.4, -0.2) is 34.2 Å². The molecule has 0 aromatic heterocycles. The Labute approximate surface area is 210 Å². The first-order chi connectivity index (χ1) is 16.9. The van der Waals surface area contributed by atoms with E-state index in [2.05, 4.69) is 0 Å². The van der Waals surface area contributed by atoms with E-state index in [9.17, 15) is 19.5 Å². The van der Waals surface area contributed by atoms with Crippen LogP contribution in [0.25, 0.3) is 6.08 Å². The summed E-state index contributed by atoms with van der Waals surface area (Å²) in [6.07, 6.45) is 1.60. The summed E-state index contributed by atoms with van der Waals surface area (Å²) in [5, 5.41) is 9.42. The minimum absolute atomic E-state index is 0.0837. The van der Waals surface area contributed by atoms with Gasteiger partial charge in [0.2, 0.25) is 0 Å². The standard InChI is InChI=1S/C26H20ClNO6S/c1-33-21-7-3-5-18(23(21)34-15-17-4-2-6-19(12-17)25(30)31)13-22-24(29)28(26(32)35-22)14-16-8-10-20(27)11-9-16/h2-13H,14-15H2,1H3,(H,30,31)/b22-13+. The van der Waals surface area contributed by atoms with Crippen molar-refractivity contribution >= 4 is 46.6 Å². The van der Waals surface area contributed by atoms with Gasteiger partial charge in [-0.15, -0.1) is 0 Å². The molecule has 9 heteroatoms. The number of carboxylic acid groups (broad SMARTS) is 1. The second-order valence-corrected chi connectivity index (χ2v) is 9.00. The number of para-hydroxylation sites is 1. The smallest absolute Gasteiger partial charge is 0.335 e. The van der Waals surface area contributed by atoms with Crippen molar-refractivity contribution < 1.29 is 29.0 Å². The average Bonchev–Trinajstić information content (AvgIpc) is 3.11. The number of aromatic carboxylic acids is 1. The monoisotopic (exact) mass is 509 g/mol. The third-order valence-corrected chi connectivity index (χ3v) is 6.36. The molecule has 1 fully saturated rings. The lowest BCUT2D eigenvalue weighted by Gasteiger charge is -2.14. The topological polar surface area (TPSA) is 93.1 Å². The van der Waals surface area contributed by atoms with Crippen molar-refractivity contribution in [2.24, 2.45) is 0 Å². The Morgan fingerprint density at radius 3 is 2.51 bits per heavy atom. The van der Waals surface area contributed by atoms with Gasteiger partial charge in [-0.1, -0.05) is 48.0 Å². The van der Waals surface area contributed by atoms with Crippen molar-refractivity contribution in [2.45, 2.75) is 13.2 Å². The maximum atomic E-state index is 13.0. The molecule has 1 saturated heterocycles. The fourth-order valence-corrected chi connectivity index (χ4v) is 4.42. The molecule has 178 valence electrons. The fourth-order valence-electron chi connectivity index (χ4n) is 3.46. The fraction of sp³-hybridized carbons (Fsp3) is 0.115. The van der Waals surface area contributed by atoms with Gasteiger partial charge in [0, 0.05) is 10.6 Å². The second-order valence-electron chi connectivity index (χ2n) is 7.57. The van der Waals surface area contributed by atoms with Crippen LogP contribution in [0, 0.1) is 0 Å². The molecule has 1 aliphatic heterocycles. The number of hydrogen-bond acceptors (Lipinski definition) is 6. The number of carbonyl (C=O) groups is 3. The second kappa shape index (κ2) is 10.7. The number of benzene rings is 3. The molecule has 1 aliphatic rings. The van der Waals surface area contributed by atoms with Crippen LogP contribution in [0.3, 0.4) is 0 Å². The zero-order valence-corrected chi connectivity index (χ0v) is 20.1. The molecular formula is C26H20ClNO6S. The molecule has 0 atom stereocenters. The van der Waals surface area contributed by atoms with Gasteiger partial charge >= 0.3 is 5.97 Å². The van der Waals surface area contributed by atoms with Gasteiger partial charge in [-0.25, -0.2) is 4.79 Å². The first-order valence-corrected chi connectivity index (χ1v) is 11.7. The van der Waals surface area contributed by atoms with Crippen LogP contribution in [0.5, 0.6) is 11.5 Å². The van der Waals surface area contributed by atoms with Crippen molar-refractivity contribution in [2.75, 3.05) is 7.11 Å². The van der Waals surface area contributed by atoms with E-state index >= 15 is 0 Å². The number of ether oxygens (including phenoxy) is 2. The van der Waals surface area contributed by atoms with Gasteiger partial charge < -0.3 is 14.6 Å². The van der Waals surface area contributed by atoms with E-state index in [1.165, 1.54) is 24.1 Å². The molecule has 0 spiro atoms. The van der Waals surface area contributed by atoms with E-state index < -0.39 is 11.9 Å². The lowest BCUT2D eigenvalue weighted by molar-refractivity contribution is -0.123. The van der Waals surface area contributed by atoms with Crippen molar-refractivity contribution in [3.63, 3.8) is 0 Å². The molecule has 3 aromatic rings. The normalized spacial score (nSPS) is 14.5. The number of thioether (sulfide) groups is 1. The molecule has 0 saturated carbocycles. The first-order valence-electron chi connectivity index (χ1n) is 10.5.